The molecule has 0 bridgehead atoms. The van der Waals surface area contributed by atoms with Crippen LogP contribution in [0.3, 0.4) is 0 Å². The molecule has 16 valence electrons. The van der Waals surface area contributed by atoms with Crippen LogP contribution in [0.4, 0.5) is 0 Å². The molecule has 0 aliphatic heterocycles. The van der Waals surface area contributed by atoms with Gasteiger partial charge in [0.1, 0.15) is 0 Å². The van der Waals surface area contributed by atoms with E-state index in [2.05, 4.69) is 0 Å². The molecule has 1 aliphatic carbocycles. The molecule has 0 aromatic heterocycles. The average Bonchev–Trinajstić information content (AvgIpc) is 1.46. The van der Waals surface area contributed by atoms with Crippen LogP contribution in [-0.2, 0) is 0 Å². The van der Waals surface area contributed by atoms with Crippen molar-refractivity contribution in [3.8, 4) is 0 Å². The first-order valence-electron chi connectivity index (χ1n) is 1.00. The smallest absolute Gasteiger partial charge is 0.281 e. The summed E-state index contributed by atoms with van der Waals surface area (Å²) in [4.78, 5) is 0. The fraction of sp³-hybridized carbons (Fsp3) is 0. The molecule has 1 heteroatoms. The van der Waals surface area contributed by atoms with Crippen LogP contribution < -0.4 is 29.6 Å². The van der Waals surface area contributed by atoms with Crippen LogP contribution in [0.1, 0.15) is 0 Å². The van der Waals surface area contributed by atoms with E-state index in [1.165, 1.54) is 0 Å². The summed E-state index contributed by atoms with van der Waals surface area (Å²) in [6, 6.07) is 0. The second-order valence-electron chi connectivity index (χ2n) is 0.577. The average molecular weight is 62.0 g/mol. The molecule has 0 saturated carbocycles. The number of hydrogen-bond donors (Lipinski definition) is 0. The minimum absolute atomic E-state index is 0. The van der Waals surface area contributed by atoms with E-state index < -0.39 is 0 Å². The predicted molar refractivity (Wildman–Crippen MR) is 13.4 cm³/mol. The maximum Gasteiger partial charge on any atom is 1.00 e. The fourth-order valence-corrected chi connectivity index (χ4v) is 0. The van der Waals surface area contributed by atoms with E-state index >= 15 is 0 Å². The van der Waals surface area contributed by atoms with Crippen molar-refractivity contribution in [3.63, 3.8) is 0 Å². The first-order chi connectivity index (χ1) is 1.50. The zero-order valence-electron chi connectivity index (χ0n) is 2.73. The Morgan fingerprint density at radius 3 is 1.50 bits per heavy atom. The third kappa shape index (κ3) is 2.61. The van der Waals surface area contributed by atoms with Crippen LogP contribution in [0.5, 0.6) is 0 Å². The van der Waals surface area contributed by atoms with E-state index in [9.17, 15) is 0 Å². The Morgan fingerprint density at radius 2 is 1.50 bits per heavy atom. The third-order valence-corrected chi connectivity index (χ3v) is 0.192. The standard InChI is InChI=1S/C3H3.Na/c1-2-3-1;/h1-3H;/q-1;+1. The summed E-state index contributed by atoms with van der Waals surface area (Å²) in [5.74, 6) is 0. The van der Waals surface area contributed by atoms with Crippen LogP contribution in [0.15, 0.2) is 12.2 Å². The summed E-state index contributed by atoms with van der Waals surface area (Å²) in [6.07, 6.45) is 6.00. The maximum absolute atomic E-state index is 2.00. The number of rotatable bonds is 0. The molecule has 0 saturated heterocycles. The Hall–Kier alpha value is 0.610. The molecule has 0 spiro atoms. The molecule has 0 aromatic rings. The van der Waals surface area contributed by atoms with Crippen molar-refractivity contribution >= 4 is 0 Å². The van der Waals surface area contributed by atoms with Gasteiger partial charge in [-0.2, -0.15) is 0 Å². The fourth-order valence-electron chi connectivity index (χ4n) is 0. The molecule has 4 heavy (non-hydrogen) atoms. The van der Waals surface area contributed by atoms with Crippen LogP contribution in [0, 0.1) is 6.42 Å². The summed E-state index contributed by atoms with van der Waals surface area (Å²) in [7, 11) is 0. The molecule has 0 fully saturated rings. The molecule has 0 N–H and O–H groups in total. The van der Waals surface area contributed by atoms with Gasteiger partial charge in [-0.3, -0.25) is 18.6 Å². The molecule has 1 aliphatic rings. The van der Waals surface area contributed by atoms with Crippen molar-refractivity contribution in [2.24, 2.45) is 0 Å². The second-order valence-corrected chi connectivity index (χ2v) is 0.577. The minimum atomic E-state index is 0. The van der Waals surface area contributed by atoms with E-state index in [0.717, 1.165) is 0 Å². The van der Waals surface area contributed by atoms with Gasteiger partial charge in [-0.05, 0) is 0 Å². The Kier molecular flexibility index (Phi) is 2.17. The largest absolute Gasteiger partial charge is 1.00 e. The number of allylic oxidation sites excluding steroid dienone is 2. The SMILES string of the molecule is C1=C[CH-]1.[Na+]. The van der Waals surface area contributed by atoms with Gasteiger partial charge < -0.3 is 0 Å². The van der Waals surface area contributed by atoms with Gasteiger partial charge in [0.15, 0.2) is 0 Å². The normalized spacial score (nSPS) is 12.0. The van der Waals surface area contributed by atoms with Crippen LogP contribution in [0.25, 0.3) is 0 Å². The van der Waals surface area contributed by atoms with Gasteiger partial charge in [0.25, 0.3) is 0 Å². The predicted octanol–water partition coefficient (Wildman–Crippen LogP) is -2.24. The van der Waals surface area contributed by atoms with Crippen LogP contribution in [0.2, 0.25) is 0 Å². The quantitative estimate of drug-likeness (QED) is 0.220. The Morgan fingerprint density at radius 1 is 1.25 bits per heavy atom. The Bertz CT molecular complexity index is 26.3. The van der Waals surface area contributed by atoms with E-state index in [1.807, 2.05) is 18.6 Å². The van der Waals surface area contributed by atoms with E-state index in [0.29, 0.717) is 0 Å². The van der Waals surface area contributed by atoms with Gasteiger partial charge in [-0.25, -0.2) is 0 Å². The molecule has 0 aromatic carbocycles. The van der Waals surface area contributed by atoms with Crippen molar-refractivity contribution in [1.82, 2.24) is 0 Å². The molecule has 0 amide bonds. The van der Waals surface area contributed by atoms with Gasteiger partial charge in [-0.1, -0.05) is 0 Å². The van der Waals surface area contributed by atoms with E-state index in [4.69, 9.17) is 0 Å². The van der Waals surface area contributed by atoms with Crippen molar-refractivity contribution in [3.05, 3.63) is 18.6 Å². The van der Waals surface area contributed by atoms with Crippen molar-refractivity contribution in [2.45, 2.75) is 0 Å². The molecule has 0 nitrogen and oxygen atoms in total. The van der Waals surface area contributed by atoms with Crippen LogP contribution >= 0.6 is 0 Å². The van der Waals surface area contributed by atoms with Crippen LogP contribution in [-0.4, -0.2) is 0 Å². The third-order valence-electron chi connectivity index (χ3n) is 0.192. The first kappa shape index (κ1) is 4.61. The Labute approximate surface area is 48.2 Å². The molecule has 1 rings (SSSR count). The van der Waals surface area contributed by atoms with Gasteiger partial charge >= 0.3 is 29.6 Å². The summed E-state index contributed by atoms with van der Waals surface area (Å²) < 4.78 is 0. The molecule has 0 atom stereocenters. The van der Waals surface area contributed by atoms with Crippen molar-refractivity contribution in [1.29, 1.82) is 0 Å². The topological polar surface area (TPSA) is 0 Å². The molecule has 0 unspecified atom stereocenters. The van der Waals surface area contributed by atoms with Gasteiger partial charge in [0.05, 0.1) is 0 Å². The molecule has 0 heterocycles. The van der Waals surface area contributed by atoms with E-state index in [-0.39, 0.29) is 29.6 Å². The minimum Gasteiger partial charge on any atom is -0.281 e. The Balaban J connectivity index is 0.0000000900. The van der Waals surface area contributed by atoms with Crippen molar-refractivity contribution in [2.75, 3.05) is 0 Å². The summed E-state index contributed by atoms with van der Waals surface area (Å²) in [5, 5.41) is 0. The maximum atomic E-state index is 2.00. The van der Waals surface area contributed by atoms with Crippen molar-refractivity contribution < 1.29 is 29.6 Å². The zero-order valence-corrected chi connectivity index (χ0v) is 4.73. The van der Waals surface area contributed by atoms with E-state index in [1.54, 1.807) is 0 Å². The molecular weight excluding hydrogens is 59.0 g/mol. The van der Waals surface area contributed by atoms with Gasteiger partial charge in [-0.15, -0.1) is 0 Å². The summed E-state index contributed by atoms with van der Waals surface area (Å²) in [5.41, 5.74) is 0. The number of hydrogen-bond acceptors (Lipinski definition) is 0. The monoisotopic (exact) mass is 62.0 g/mol. The van der Waals surface area contributed by atoms with Gasteiger partial charge in [0, 0.05) is 0 Å². The second kappa shape index (κ2) is 1.89. The first-order valence-corrected chi connectivity index (χ1v) is 1.00. The van der Waals surface area contributed by atoms with Gasteiger partial charge in [0.2, 0.25) is 0 Å². The molecular formula is C3H3Na. The summed E-state index contributed by atoms with van der Waals surface area (Å²) in [6.45, 7) is 0. The summed E-state index contributed by atoms with van der Waals surface area (Å²) >= 11 is 0. The molecule has 0 radical (unpaired) electrons. The zero-order chi connectivity index (χ0) is 2.12.